The van der Waals surface area contributed by atoms with Crippen molar-refractivity contribution in [1.82, 2.24) is 0 Å². The molecule has 0 radical (unpaired) electrons. The summed E-state index contributed by atoms with van der Waals surface area (Å²) in [6.07, 6.45) is 1.60. The van der Waals surface area contributed by atoms with Gasteiger partial charge in [0.1, 0.15) is 0 Å². The fourth-order valence-corrected chi connectivity index (χ4v) is 2.56. The zero-order valence-corrected chi connectivity index (χ0v) is 13.0. The number of ketones is 1. The summed E-state index contributed by atoms with van der Waals surface area (Å²) in [5.74, 6) is 1.29. The third-order valence-corrected chi connectivity index (χ3v) is 4.14. The Kier molecular flexibility index (Phi) is 5.74. The van der Waals surface area contributed by atoms with Crippen LogP contribution < -0.4 is 0 Å². The van der Waals surface area contributed by atoms with Crippen molar-refractivity contribution in [2.24, 2.45) is 0 Å². The summed E-state index contributed by atoms with van der Waals surface area (Å²) in [6, 6.07) is 7.58. The van der Waals surface area contributed by atoms with Crippen molar-refractivity contribution in [2.75, 3.05) is 5.75 Å². The van der Waals surface area contributed by atoms with Crippen LogP contribution in [0.3, 0.4) is 0 Å². The lowest BCUT2D eigenvalue weighted by Crippen LogP contribution is -2.09. The van der Waals surface area contributed by atoms with Gasteiger partial charge in [0, 0.05) is 21.2 Å². The van der Waals surface area contributed by atoms with E-state index in [0.717, 1.165) is 22.2 Å². The predicted octanol–water partition coefficient (Wildman–Crippen LogP) is 4.94. The summed E-state index contributed by atoms with van der Waals surface area (Å²) in [6.45, 7) is 6.61. The van der Waals surface area contributed by atoms with Crippen molar-refractivity contribution >= 4 is 33.5 Å². The van der Waals surface area contributed by atoms with Gasteiger partial charge in [-0.1, -0.05) is 48.8 Å². The minimum absolute atomic E-state index is 0.243. The molecule has 17 heavy (non-hydrogen) atoms. The molecular formula is C14H19BrOS. The molecule has 0 aliphatic carbocycles. The Morgan fingerprint density at radius 3 is 2.35 bits per heavy atom. The van der Waals surface area contributed by atoms with Gasteiger partial charge in [-0.2, -0.15) is 11.8 Å². The molecule has 1 rings (SSSR count). The molecule has 0 saturated carbocycles. The first-order valence-electron chi connectivity index (χ1n) is 5.81. The number of benzene rings is 1. The molecule has 1 aromatic carbocycles. The van der Waals surface area contributed by atoms with E-state index >= 15 is 0 Å². The van der Waals surface area contributed by atoms with Crippen LogP contribution in [-0.2, 0) is 0 Å². The van der Waals surface area contributed by atoms with E-state index in [2.05, 4.69) is 36.7 Å². The number of carbonyl (C=O) groups excluding carboxylic acids is 1. The van der Waals surface area contributed by atoms with E-state index in [4.69, 9.17) is 0 Å². The first-order chi connectivity index (χ1) is 7.88. The summed E-state index contributed by atoms with van der Waals surface area (Å²) in [4.78, 5) is 11.9. The zero-order valence-electron chi connectivity index (χ0n) is 10.6. The van der Waals surface area contributed by atoms with Gasteiger partial charge in [0.05, 0.1) is 0 Å². The fraction of sp³-hybridized carbons (Fsp3) is 0.500. The maximum atomic E-state index is 11.9. The normalized spacial score (nSPS) is 11.5. The van der Waals surface area contributed by atoms with E-state index < -0.39 is 0 Å². The Morgan fingerprint density at radius 1 is 1.24 bits per heavy atom. The third kappa shape index (κ3) is 6.27. The maximum absolute atomic E-state index is 11.9. The Morgan fingerprint density at radius 2 is 1.82 bits per heavy atom. The SMILES string of the molecule is CC(C)(C)SCCCC(=O)c1ccc(Br)cc1. The molecular weight excluding hydrogens is 296 g/mol. The van der Waals surface area contributed by atoms with Crippen LogP contribution in [0.1, 0.15) is 44.0 Å². The quantitative estimate of drug-likeness (QED) is 0.565. The molecule has 0 aliphatic rings. The summed E-state index contributed by atoms with van der Waals surface area (Å²) in [5, 5.41) is 0. The van der Waals surface area contributed by atoms with Crippen molar-refractivity contribution in [2.45, 2.75) is 38.4 Å². The van der Waals surface area contributed by atoms with Crippen molar-refractivity contribution in [3.05, 3.63) is 34.3 Å². The Balaban J connectivity index is 2.33. The van der Waals surface area contributed by atoms with Gasteiger partial charge in [-0.15, -0.1) is 0 Å². The van der Waals surface area contributed by atoms with Crippen LogP contribution in [0.4, 0.5) is 0 Å². The number of carbonyl (C=O) groups is 1. The number of hydrogen-bond donors (Lipinski definition) is 0. The molecule has 0 saturated heterocycles. The first kappa shape index (κ1) is 14.8. The van der Waals surface area contributed by atoms with Crippen LogP contribution in [0.15, 0.2) is 28.7 Å². The standard InChI is InChI=1S/C14H19BrOS/c1-14(2,3)17-10-4-5-13(16)11-6-8-12(15)9-7-11/h6-9H,4-5,10H2,1-3H3. The third-order valence-electron chi connectivity index (χ3n) is 2.25. The lowest BCUT2D eigenvalue weighted by atomic mass is 10.1. The Bertz CT molecular complexity index is 365. The molecule has 0 heterocycles. The van der Waals surface area contributed by atoms with Crippen LogP contribution in [-0.4, -0.2) is 16.3 Å². The highest BCUT2D eigenvalue weighted by molar-refractivity contribution is 9.10. The van der Waals surface area contributed by atoms with Gasteiger partial charge in [-0.3, -0.25) is 4.79 Å². The van der Waals surface area contributed by atoms with Crippen LogP contribution in [0.2, 0.25) is 0 Å². The molecule has 0 unspecified atom stereocenters. The average Bonchev–Trinajstić information content (AvgIpc) is 2.24. The summed E-state index contributed by atoms with van der Waals surface area (Å²) in [5.41, 5.74) is 0.814. The average molecular weight is 315 g/mol. The molecule has 0 fully saturated rings. The van der Waals surface area contributed by atoms with E-state index in [9.17, 15) is 4.79 Å². The van der Waals surface area contributed by atoms with Crippen LogP contribution in [0.5, 0.6) is 0 Å². The molecule has 94 valence electrons. The number of halogens is 1. The minimum Gasteiger partial charge on any atom is -0.294 e. The number of rotatable bonds is 5. The zero-order chi connectivity index (χ0) is 12.9. The lowest BCUT2D eigenvalue weighted by molar-refractivity contribution is 0.0982. The molecule has 1 nitrogen and oxygen atoms in total. The van der Waals surface area contributed by atoms with E-state index in [-0.39, 0.29) is 5.78 Å². The van der Waals surface area contributed by atoms with Gasteiger partial charge in [0.15, 0.2) is 5.78 Å². The topological polar surface area (TPSA) is 17.1 Å². The second kappa shape index (κ2) is 6.60. The van der Waals surface area contributed by atoms with E-state index in [0.29, 0.717) is 11.2 Å². The molecule has 0 aliphatic heterocycles. The van der Waals surface area contributed by atoms with E-state index in [1.807, 2.05) is 36.0 Å². The predicted molar refractivity (Wildman–Crippen MR) is 79.9 cm³/mol. The van der Waals surface area contributed by atoms with Gasteiger partial charge in [-0.25, -0.2) is 0 Å². The molecule has 0 aromatic heterocycles. The van der Waals surface area contributed by atoms with Gasteiger partial charge in [-0.05, 0) is 24.3 Å². The molecule has 0 N–H and O–H groups in total. The minimum atomic E-state index is 0.243. The second-order valence-electron chi connectivity index (χ2n) is 4.99. The summed E-state index contributed by atoms with van der Waals surface area (Å²) < 4.78 is 1.30. The van der Waals surface area contributed by atoms with Crippen molar-refractivity contribution < 1.29 is 4.79 Å². The van der Waals surface area contributed by atoms with Crippen molar-refractivity contribution in [1.29, 1.82) is 0 Å². The van der Waals surface area contributed by atoms with Crippen LogP contribution >= 0.6 is 27.7 Å². The van der Waals surface area contributed by atoms with E-state index in [1.165, 1.54) is 0 Å². The number of thioether (sulfide) groups is 1. The molecule has 0 bridgehead atoms. The van der Waals surface area contributed by atoms with E-state index in [1.54, 1.807) is 0 Å². The smallest absolute Gasteiger partial charge is 0.162 e. The molecule has 0 amide bonds. The second-order valence-corrected chi connectivity index (χ2v) is 7.83. The number of hydrogen-bond acceptors (Lipinski definition) is 2. The molecule has 0 spiro atoms. The summed E-state index contributed by atoms with van der Waals surface area (Å²) >= 11 is 5.28. The van der Waals surface area contributed by atoms with Gasteiger partial charge in [0.25, 0.3) is 0 Å². The largest absolute Gasteiger partial charge is 0.294 e. The maximum Gasteiger partial charge on any atom is 0.162 e. The fourth-order valence-electron chi connectivity index (χ4n) is 1.39. The highest BCUT2D eigenvalue weighted by atomic mass is 79.9. The molecule has 0 atom stereocenters. The number of Topliss-reactive ketones (excluding diaryl/α,β-unsaturated/α-hetero) is 1. The van der Waals surface area contributed by atoms with Crippen molar-refractivity contribution in [3.8, 4) is 0 Å². The lowest BCUT2D eigenvalue weighted by Gasteiger charge is -2.16. The molecule has 3 heteroatoms. The van der Waals surface area contributed by atoms with Crippen molar-refractivity contribution in [3.63, 3.8) is 0 Å². The highest BCUT2D eigenvalue weighted by Gasteiger charge is 2.11. The van der Waals surface area contributed by atoms with Gasteiger partial charge in [0.2, 0.25) is 0 Å². The van der Waals surface area contributed by atoms with Gasteiger partial charge < -0.3 is 0 Å². The summed E-state index contributed by atoms with van der Waals surface area (Å²) in [7, 11) is 0. The Labute approximate surface area is 117 Å². The monoisotopic (exact) mass is 314 g/mol. The molecule has 1 aromatic rings. The highest BCUT2D eigenvalue weighted by Crippen LogP contribution is 2.24. The Hall–Kier alpha value is -0.280. The van der Waals surface area contributed by atoms with Crippen LogP contribution in [0.25, 0.3) is 0 Å². The van der Waals surface area contributed by atoms with Crippen LogP contribution in [0, 0.1) is 0 Å². The first-order valence-corrected chi connectivity index (χ1v) is 7.59. The van der Waals surface area contributed by atoms with Gasteiger partial charge >= 0.3 is 0 Å².